The van der Waals surface area contributed by atoms with Crippen molar-refractivity contribution in [2.75, 3.05) is 26.2 Å². The van der Waals surface area contributed by atoms with E-state index in [2.05, 4.69) is 15.6 Å². The quantitative estimate of drug-likeness (QED) is 0.586. The highest BCUT2D eigenvalue weighted by Crippen LogP contribution is 2.29. The first kappa shape index (κ1) is 21.1. The van der Waals surface area contributed by atoms with E-state index < -0.39 is 11.7 Å². The first-order valence-corrected chi connectivity index (χ1v) is 9.32. The molecule has 1 aliphatic rings. The first-order valence-electron chi connectivity index (χ1n) is 9.32. The van der Waals surface area contributed by atoms with E-state index in [0.717, 1.165) is 30.7 Å². The molecular formula is C19H27F3N4O. The molecule has 0 spiro atoms. The van der Waals surface area contributed by atoms with Gasteiger partial charge < -0.3 is 15.5 Å². The number of rotatable bonds is 6. The highest BCUT2D eigenvalue weighted by atomic mass is 19.4. The van der Waals surface area contributed by atoms with E-state index in [-0.39, 0.29) is 11.9 Å². The largest absolute Gasteiger partial charge is 0.416 e. The number of guanidine groups is 1. The Morgan fingerprint density at radius 3 is 2.56 bits per heavy atom. The summed E-state index contributed by atoms with van der Waals surface area (Å²) >= 11 is 0. The number of aliphatic imine (C=N–C) groups is 1. The van der Waals surface area contributed by atoms with Crippen LogP contribution in [0.15, 0.2) is 29.3 Å². The summed E-state index contributed by atoms with van der Waals surface area (Å²) in [5.41, 5.74) is 0.167. The van der Waals surface area contributed by atoms with Gasteiger partial charge in [0.2, 0.25) is 5.91 Å². The fraction of sp³-hybridized carbons (Fsp3) is 0.579. The minimum atomic E-state index is -4.31. The number of likely N-dealkylation sites (tertiary alicyclic amines) is 1. The lowest BCUT2D eigenvalue weighted by atomic mass is 10.1. The Balaban J connectivity index is 1.87. The minimum absolute atomic E-state index is 0.156. The number of carbonyl (C=O) groups excluding carboxylic acids is 1. The van der Waals surface area contributed by atoms with Crippen LogP contribution >= 0.6 is 0 Å². The molecule has 1 fully saturated rings. The maximum absolute atomic E-state index is 12.6. The van der Waals surface area contributed by atoms with Gasteiger partial charge in [0.05, 0.1) is 5.56 Å². The zero-order chi connectivity index (χ0) is 19.9. The molecule has 1 amide bonds. The van der Waals surface area contributed by atoms with Crippen molar-refractivity contribution in [2.24, 2.45) is 4.99 Å². The number of nitrogens with zero attached hydrogens (tertiary/aromatic N) is 2. The Hall–Kier alpha value is -2.25. The third-order valence-electron chi connectivity index (χ3n) is 4.48. The van der Waals surface area contributed by atoms with Crippen LogP contribution in [0, 0.1) is 0 Å². The van der Waals surface area contributed by atoms with E-state index in [1.807, 2.05) is 18.7 Å². The lowest BCUT2D eigenvalue weighted by Gasteiger charge is -2.18. The summed E-state index contributed by atoms with van der Waals surface area (Å²) in [6.07, 6.45) is -2.38. The Morgan fingerprint density at radius 1 is 1.26 bits per heavy atom. The molecule has 5 nitrogen and oxygen atoms in total. The first-order chi connectivity index (χ1) is 12.8. The number of nitrogens with one attached hydrogen (secondary N) is 2. The fourth-order valence-electron chi connectivity index (χ4n) is 3.00. The lowest BCUT2D eigenvalue weighted by Crippen LogP contribution is -2.45. The molecule has 150 valence electrons. The van der Waals surface area contributed by atoms with Crippen LogP contribution in [0.25, 0.3) is 0 Å². The molecule has 1 heterocycles. The van der Waals surface area contributed by atoms with Crippen LogP contribution in [0.2, 0.25) is 0 Å². The van der Waals surface area contributed by atoms with Crippen LogP contribution < -0.4 is 10.6 Å². The number of halogens is 3. The lowest BCUT2D eigenvalue weighted by molar-refractivity contribution is -0.137. The molecule has 1 unspecified atom stereocenters. The van der Waals surface area contributed by atoms with Gasteiger partial charge in [0.15, 0.2) is 5.96 Å². The highest BCUT2D eigenvalue weighted by molar-refractivity contribution is 5.80. The molecule has 1 aromatic carbocycles. The van der Waals surface area contributed by atoms with Crippen molar-refractivity contribution in [3.8, 4) is 0 Å². The molecular weight excluding hydrogens is 357 g/mol. The number of benzene rings is 1. The van der Waals surface area contributed by atoms with Crippen molar-refractivity contribution in [2.45, 2.75) is 45.3 Å². The fourth-order valence-corrected chi connectivity index (χ4v) is 3.00. The van der Waals surface area contributed by atoms with Gasteiger partial charge in [-0.1, -0.05) is 19.1 Å². The van der Waals surface area contributed by atoms with Crippen molar-refractivity contribution in [3.63, 3.8) is 0 Å². The summed E-state index contributed by atoms with van der Waals surface area (Å²) < 4.78 is 37.8. The van der Waals surface area contributed by atoms with Gasteiger partial charge >= 0.3 is 6.18 Å². The van der Waals surface area contributed by atoms with Crippen LogP contribution in [0.4, 0.5) is 13.2 Å². The monoisotopic (exact) mass is 384 g/mol. The van der Waals surface area contributed by atoms with Gasteiger partial charge in [-0.25, -0.2) is 0 Å². The summed E-state index contributed by atoms with van der Waals surface area (Å²) in [5.74, 6) is 0.823. The predicted octanol–water partition coefficient (Wildman–Crippen LogP) is 2.81. The summed E-state index contributed by atoms with van der Waals surface area (Å²) in [6.45, 7) is 6.40. The summed E-state index contributed by atoms with van der Waals surface area (Å²) in [7, 11) is 0. The molecule has 1 aromatic rings. The smallest absolute Gasteiger partial charge is 0.357 e. The van der Waals surface area contributed by atoms with Crippen LogP contribution in [0.1, 0.15) is 37.8 Å². The van der Waals surface area contributed by atoms with Gasteiger partial charge in [-0.2, -0.15) is 13.2 Å². The van der Waals surface area contributed by atoms with E-state index in [0.29, 0.717) is 38.4 Å². The zero-order valence-corrected chi connectivity index (χ0v) is 15.8. The highest BCUT2D eigenvalue weighted by Gasteiger charge is 2.30. The average molecular weight is 384 g/mol. The summed E-state index contributed by atoms with van der Waals surface area (Å²) in [5, 5.41) is 6.51. The Kier molecular flexibility index (Phi) is 7.50. The third-order valence-corrected chi connectivity index (χ3v) is 4.48. The van der Waals surface area contributed by atoms with Gasteiger partial charge in [-0.05, 0) is 37.5 Å². The second-order valence-corrected chi connectivity index (χ2v) is 6.53. The molecule has 2 rings (SSSR count). The number of hydrogen-bond acceptors (Lipinski definition) is 2. The Morgan fingerprint density at radius 2 is 1.96 bits per heavy atom. The molecule has 1 saturated heterocycles. The molecule has 0 bridgehead atoms. The van der Waals surface area contributed by atoms with Crippen LogP contribution in [-0.2, 0) is 17.4 Å². The molecule has 1 aliphatic heterocycles. The minimum Gasteiger partial charge on any atom is -0.357 e. The second-order valence-electron chi connectivity index (χ2n) is 6.53. The molecule has 0 saturated carbocycles. The van der Waals surface area contributed by atoms with Crippen LogP contribution in [0.5, 0.6) is 0 Å². The number of hydrogen-bond donors (Lipinski definition) is 2. The molecule has 0 aromatic heterocycles. The van der Waals surface area contributed by atoms with Crippen molar-refractivity contribution in [3.05, 3.63) is 35.4 Å². The third kappa shape index (κ3) is 6.45. The second kappa shape index (κ2) is 9.62. The molecule has 2 N–H and O–H groups in total. The summed E-state index contributed by atoms with van der Waals surface area (Å²) in [4.78, 5) is 18.1. The Bertz CT molecular complexity index is 643. The molecule has 0 radical (unpaired) electrons. The SMILES string of the molecule is CCNC(=NCCc1ccc(C(F)(F)F)cc1)NC1CCN(C(=O)CC)C1. The van der Waals surface area contributed by atoms with Crippen LogP contribution in [-0.4, -0.2) is 49.0 Å². The molecule has 0 aliphatic carbocycles. The van der Waals surface area contributed by atoms with Crippen molar-refractivity contribution >= 4 is 11.9 Å². The summed E-state index contributed by atoms with van der Waals surface area (Å²) in [6, 6.07) is 5.33. The normalized spacial score (nSPS) is 17.9. The molecule has 8 heteroatoms. The van der Waals surface area contributed by atoms with E-state index in [4.69, 9.17) is 0 Å². The molecule has 1 atom stereocenters. The standard InChI is InChI=1S/C19H27F3N4O/c1-3-17(27)26-12-10-16(13-26)25-18(23-4-2)24-11-9-14-5-7-15(8-6-14)19(20,21)22/h5-8,16H,3-4,9-13H2,1-2H3,(H2,23,24,25). The topological polar surface area (TPSA) is 56.7 Å². The van der Waals surface area contributed by atoms with Crippen molar-refractivity contribution < 1.29 is 18.0 Å². The van der Waals surface area contributed by atoms with Crippen molar-refractivity contribution in [1.29, 1.82) is 0 Å². The predicted molar refractivity (Wildman–Crippen MR) is 99.5 cm³/mol. The van der Waals surface area contributed by atoms with Gasteiger partial charge in [0.25, 0.3) is 0 Å². The van der Waals surface area contributed by atoms with Gasteiger partial charge in [-0.3, -0.25) is 9.79 Å². The van der Waals surface area contributed by atoms with Gasteiger partial charge in [0.1, 0.15) is 0 Å². The maximum atomic E-state index is 12.6. The van der Waals surface area contributed by atoms with Crippen LogP contribution in [0.3, 0.4) is 0 Å². The zero-order valence-electron chi connectivity index (χ0n) is 15.8. The van der Waals surface area contributed by atoms with Gasteiger partial charge in [0, 0.05) is 38.6 Å². The van der Waals surface area contributed by atoms with E-state index in [9.17, 15) is 18.0 Å². The van der Waals surface area contributed by atoms with Crippen molar-refractivity contribution in [1.82, 2.24) is 15.5 Å². The number of amides is 1. The average Bonchev–Trinajstić information content (AvgIpc) is 3.09. The van der Waals surface area contributed by atoms with E-state index >= 15 is 0 Å². The Labute approximate surface area is 158 Å². The maximum Gasteiger partial charge on any atom is 0.416 e. The molecule has 27 heavy (non-hydrogen) atoms. The number of carbonyl (C=O) groups is 1. The van der Waals surface area contributed by atoms with E-state index in [1.54, 1.807) is 0 Å². The van der Waals surface area contributed by atoms with Gasteiger partial charge in [-0.15, -0.1) is 0 Å². The number of alkyl halides is 3. The van der Waals surface area contributed by atoms with E-state index in [1.165, 1.54) is 12.1 Å².